The Morgan fingerprint density at radius 1 is 1.92 bits per heavy atom. The molecule has 2 heterocycles. The summed E-state index contributed by atoms with van der Waals surface area (Å²) >= 11 is 1.45. The lowest BCUT2D eigenvalue weighted by Crippen LogP contribution is -2.27. The number of aromatic nitrogens is 2. The molecule has 1 atom stereocenters. The van der Waals surface area contributed by atoms with Crippen LogP contribution in [0.15, 0.2) is 6.20 Å². The minimum atomic E-state index is -0.467. The molecule has 2 rings (SSSR count). The van der Waals surface area contributed by atoms with Crippen molar-refractivity contribution in [1.82, 2.24) is 14.5 Å². The molecule has 70 valence electrons. The summed E-state index contributed by atoms with van der Waals surface area (Å²) in [5.74, 6) is 0.197. The van der Waals surface area contributed by atoms with Crippen molar-refractivity contribution in [3.63, 3.8) is 0 Å². The molecule has 0 saturated heterocycles. The van der Waals surface area contributed by atoms with Gasteiger partial charge in [-0.25, -0.2) is 0 Å². The lowest BCUT2D eigenvalue weighted by molar-refractivity contribution is 0.100. The molecule has 1 aliphatic rings. The molecule has 1 aromatic rings. The zero-order valence-electron chi connectivity index (χ0n) is 6.94. The van der Waals surface area contributed by atoms with Crippen molar-refractivity contribution in [3.8, 4) is 0 Å². The second-order valence-corrected chi connectivity index (χ2v) is 3.59. The van der Waals surface area contributed by atoms with Crippen LogP contribution >= 0.6 is 11.9 Å². The summed E-state index contributed by atoms with van der Waals surface area (Å²) in [6.45, 7) is 0. The minimum absolute atomic E-state index is 0.0433. The molecule has 0 bridgehead atoms. The molecule has 13 heavy (non-hydrogen) atoms. The third kappa shape index (κ3) is 1.25. The van der Waals surface area contributed by atoms with Crippen LogP contribution in [0.4, 0.5) is 5.82 Å². The highest BCUT2D eigenvalue weighted by atomic mass is 32.2. The van der Waals surface area contributed by atoms with Gasteiger partial charge >= 0.3 is 0 Å². The molecule has 6 nitrogen and oxygen atoms in total. The number of nitrogens with one attached hydrogen (secondary N) is 2. The molecule has 1 unspecified atom stereocenters. The number of nitrogens with zero attached hydrogens (tertiary/aromatic N) is 2. The molecule has 1 aliphatic heterocycles. The maximum atomic E-state index is 10.9. The van der Waals surface area contributed by atoms with E-state index in [-0.39, 0.29) is 5.50 Å². The molecule has 1 amide bonds. The van der Waals surface area contributed by atoms with Crippen LogP contribution in [0.2, 0.25) is 0 Å². The van der Waals surface area contributed by atoms with Crippen LogP contribution in [0.25, 0.3) is 0 Å². The van der Waals surface area contributed by atoms with Gasteiger partial charge in [0, 0.05) is 11.9 Å². The highest BCUT2D eigenvalue weighted by Gasteiger charge is 2.25. The highest BCUT2D eigenvalue weighted by molar-refractivity contribution is 7.98. The van der Waals surface area contributed by atoms with Crippen LogP contribution in [-0.4, -0.2) is 27.6 Å². The van der Waals surface area contributed by atoms with Crippen molar-refractivity contribution < 1.29 is 4.79 Å². The monoisotopic (exact) mass is 199 g/mol. The summed E-state index contributed by atoms with van der Waals surface area (Å²) in [4.78, 5) is 10.9. The molecule has 7 heteroatoms. The molecule has 1 aromatic heterocycles. The van der Waals surface area contributed by atoms with E-state index in [0.717, 1.165) is 0 Å². The number of rotatable bonds is 2. The quantitative estimate of drug-likeness (QED) is 0.592. The lowest BCUT2D eigenvalue weighted by Gasteiger charge is -2.05. The average Bonchev–Trinajstić information content (AvgIpc) is 2.59. The van der Waals surface area contributed by atoms with E-state index < -0.39 is 5.91 Å². The summed E-state index contributed by atoms with van der Waals surface area (Å²) in [5.41, 5.74) is 5.62. The Kier molecular flexibility index (Phi) is 1.89. The number of primary amides is 1. The van der Waals surface area contributed by atoms with Crippen LogP contribution in [-0.2, 0) is 0 Å². The maximum absolute atomic E-state index is 10.9. The summed E-state index contributed by atoms with van der Waals surface area (Å²) in [6.07, 6.45) is 1.46. The van der Waals surface area contributed by atoms with Crippen LogP contribution in [0, 0.1) is 0 Å². The van der Waals surface area contributed by atoms with Gasteiger partial charge in [0.15, 0.2) is 5.82 Å². The van der Waals surface area contributed by atoms with Crippen molar-refractivity contribution in [2.24, 2.45) is 5.73 Å². The first-order valence-electron chi connectivity index (χ1n) is 3.71. The Hall–Kier alpha value is -1.21. The number of carbonyl (C=O) groups is 1. The zero-order valence-corrected chi connectivity index (χ0v) is 7.76. The number of nitrogens with two attached hydrogens (primary N) is 1. The summed E-state index contributed by atoms with van der Waals surface area (Å²) in [6, 6.07) is 0. The average molecular weight is 199 g/mol. The fraction of sp³-hybridized carbons (Fsp3) is 0.333. The van der Waals surface area contributed by atoms with Gasteiger partial charge in [-0.3, -0.25) is 10.1 Å². The van der Waals surface area contributed by atoms with E-state index in [2.05, 4.69) is 15.7 Å². The molecule has 0 aliphatic carbocycles. The molecule has 4 N–H and O–H groups in total. The van der Waals surface area contributed by atoms with Crippen molar-refractivity contribution in [3.05, 3.63) is 11.8 Å². The number of anilines is 1. The Labute approximate surface area is 79.0 Å². The predicted octanol–water partition coefficient (Wildman–Crippen LogP) is -0.593. The van der Waals surface area contributed by atoms with Crippen molar-refractivity contribution in [2.45, 2.75) is 5.50 Å². The van der Waals surface area contributed by atoms with Crippen molar-refractivity contribution >= 4 is 23.7 Å². The Balaban J connectivity index is 2.32. The molecule has 0 radical (unpaired) electrons. The van der Waals surface area contributed by atoms with E-state index in [4.69, 9.17) is 5.73 Å². The summed E-state index contributed by atoms with van der Waals surface area (Å²) < 4.78 is 1.64. The van der Waals surface area contributed by atoms with Crippen molar-refractivity contribution in [2.75, 3.05) is 12.4 Å². The predicted molar refractivity (Wildman–Crippen MR) is 50.2 cm³/mol. The SMILES string of the molecule is CNC1Nc2c(C(N)=O)cnn2S1. The van der Waals surface area contributed by atoms with E-state index in [1.54, 1.807) is 4.09 Å². The van der Waals surface area contributed by atoms with Gasteiger partial charge in [-0.05, 0) is 7.05 Å². The van der Waals surface area contributed by atoms with E-state index >= 15 is 0 Å². The lowest BCUT2D eigenvalue weighted by atomic mass is 10.3. The van der Waals surface area contributed by atoms with Gasteiger partial charge in [-0.1, -0.05) is 0 Å². The minimum Gasteiger partial charge on any atom is -0.365 e. The van der Waals surface area contributed by atoms with Crippen LogP contribution in [0.3, 0.4) is 0 Å². The first-order valence-corrected chi connectivity index (χ1v) is 4.55. The zero-order chi connectivity index (χ0) is 9.42. The Morgan fingerprint density at radius 2 is 2.69 bits per heavy atom. The van der Waals surface area contributed by atoms with Crippen molar-refractivity contribution in [1.29, 1.82) is 0 Å². The van der Waals surface area contributed by atoms with Gasteiger partial charge in [0.1, 0.15) is 11.1 Å². The number of carbonyl (C=O) groups excluding carboxylic acids is 1. The molecule has 0 fully saturated rings. The van der Waals surface area contributed by atoms with Gasteiger partial charge in [0.25, 0.3) is 5.91 Å². The Morgan fingerprint density at radius 3 is 3.31 bits per heavy atom. The number of hydrogen-bond donors (Lipinski definition) is 3. The molecule has 0 aromatic carbocycles. The van der Waals surface area contributed by atoms with Gasteiger partial charge in [-0.15, -0.1) is 0 Å². The van der Waals surface area contributed by atoms with Crippen LogP contribution < -0.4 is 16.4 Å². The highest BCUT2D eigenvalue weighted by Crippen LogP contribution is 2.29. The topological polar surface area (TPSA) is 85.0 Å². The largest absolute Gasteiger partial charge is 0.365 e. The Bertz CT molecular complexity index is 349. The summed E-state index contributed by atoms with van der Waals surface area (Å²) in [7, 11) is 1.82. The van der Waals surface area contributed by atoms with Gasteiger partial charge < -0.3 is 11.1 Å². The maximum Gasteiger partial charge on any atom is 0.254 e. The van der Waals surface area contributed by atoms with Gasteiger partial charge in [0.2, 0.25) is 0 Å². The second kappa shape index (κ2) is 2.93. The van der Waals surface area contributed by atoms with Crippen LogP contribution in [0.5, 0.6) is 0 Å². The molecule has 0 spiro atoms. The van der Waals surface area contributed by atoms with E-state index in [1.807, 2.05) is 7.05 Å². The van der Waals surface area contributed by atoms with Crippen LogP contribution in [0.1, 0.15) is 10.4 Å². The number of amides is 1. The van der Waals surface area contributed by atoms with E-state index in [0.29, 0.717) is 11.4 Å². The van der Waals surface area contributed by atoms with E-state index in [1.165, 1.54) is 18.1 Å². The van der Waals surface area contributed by atoms with E-state index in [9.17, 15) is 4.79 Å². The molecular weight excluding hydrogens is 190 g/mol. The number of hydrogen-bond acceptors (Lipinski definition) is 5. The third-order valence-electron chi connectivity index (χ3n) is 1.74. The number of fused-ring (bicyclic) bond motifs is 1. The third-order valence-corrected chi connectivity index (χ3v) is 2.78. The normalized spacial score (nSPS) is 19.6. The first kappa shape index (κ1) is 8.39. The van der Waals surface area contributed by atoms with Gasteiger partial charge in [-0.2, -0.15) is 9.19 Å². The second-order valence-electron chi connectivity index (χ2n) is 2.56. The molecular formula is C6H9N5OS. The fourth-order valence-corrected chi connectivity index (χ4v) is 1.93. The molecule has 0 saturated carbocycles. The smallest absolute Gasteiger partial charge is 0.254 e. The first-order chi connectivity index (χ1) is 6.22. The van der Waals surface area contributed by atoms with Gasteiger partial charge in [0.05, 0.1) is 6.20 Å². The fourth-order valence-electron chi connectivity index (χ4n) is 1.10. The standard InChI is InChI=1S/C6H9N5OS/c1-8-6-10-5-3(4(7)12)2-9-11(5)13-6/h2,6,8,10H,1H3,(H2,7,12). The summed E-state index contributed by atoms with van der Waals surface area (Å²) in [5, 5.41) is 10.1.